The van der Waals surface area contributed by atoms with Crippen LogP contribution in [0, 0.1) is 5.92 Å². The molecular weight excluding hydrogens is 306 g/mol. The molecule has 2 unspecified atom stereocenters. The van der Waals surface area contributed by atoms with Gasteiger partial charge in [-0.1, -0.05) is 30.4 Å². The Labute approximate surface area is 137 Å². The number of carbonyl (C=O) groups is 1. The molecule has 0 saturated carbocycles. The molecule has 2 aromatic rings. The smallest absolute Gasteiger partial charge is 0.335 e. The zero-order valence-corrected chi connectivity index (χ0v) is 12.5. The zero-order valence-electron chi connectivity index (χ0n) is 12.5. The third kappa shape index (κ3) is 2.58. The molecule has 2 aliphatic rings. The van der Waals surface area contributed by atoms with Crippen molar-refractivity contribution in [2.24, 2.45) is 10.9 Å². The number of aromatic carboxylic acids is 1. The van der Waals surface area contributed by atoms with Gasteiger partial charge in [-0.15, -0.1) is 10.2 Å². The fourth-order valence-corrected chi connectivity index (χ4v) is 2.65. The summed E-state index contributed by atoms with van der Waals surface area (Å²) in [5.41, 5.74) is 1.52. The first-order valence-electron chi connectivity index (χ1n) is 7.49. The van der Waals surface area contributed by atoms with Crippen LogP contribution in [0.5, 0.6) is 0 Å². The van der Waals surface area contributed by atoms with Crippen LogP contribution in [-0.4, -0.2) is 33.0 Å². The maximum atomic E-state index is 10.9. The predicted octanol–water partition coefficient (Wildman–Crippen LogP) is 2.90. The van der Waals surface area contributed by atoms with Crippen LogP contribution in [-0.2, 0) is 0 Å². The van der Waals surface area contributed by atoms with Crippen molar-refractivity contribution in [3.05, 3.63) is 72.2 Å². The Morgan fingerprint density at radius 3 is 2.54 bits per heavy atom. The molecule has 0 saturated heterocycles. The summed E-state index contributed by atoms with van der Waals surface area (Å²) in [6.45, 7) is 0. The van der Waals surface area contributed by atoms with Crippen LogP contribution in [0.15, 0.2) is 70.1 Å². The molecule has 0 bridgehead atoms. The topological polar surface area (TPSA) is 88.6 Å². The Bertz CT molecular complexity index is 904. The van der Waals surface area contributed by atoms with Gasteiger partial charge in [0.1, 0.15) is 5.71 Å². The molecule has 4 rings (SSSR count). The first kappa shape index (κ1) is 14.3. The second-order valence-electron chi connectivity index (χ2n) is 5.51. The molecule has 0 fully saturated rings. The monoisotopic (exact) mass is 319 g/mol. The maximum absolute atomic E-state index is 10.9. The number of fused-ring (bicyclic) bond motifs is 1. The number of rotatable bonds is 3. The molecule has 1 aromatic carbocycles. The summed E-state index contributed by atoms with van der Waals surface area (Å²) in [7, 11) is 0. The Hall–Kier alpha value is -3.28. The lowest BCUT2D eigenvalue weighted by molar-refractivity contribution is 0.0697. The molecule has 1 N–H and O–H groups in total. The van der Waals surface area contributed by atoms with Crippen molar-refractivity contribution in [3.63, 3.8) is 0 Å². The average Bonchev–Trinajstić information content (AvgIpc) is 3.11. The normalized spacial score (nSPS) is 21.4. The van der Waals surface area contributed by atoms with Crippen molar-refractivity contribution in [2.75, 3.05) is 0 Å². The van der Waals surface area contributed by atoms with Gasteiger partial charge in [-0.2, -0.15) is 0 Å². The second kappa shape index (κ2) is 5.73. The average molecular weight is 319 g/mol. The highest BCUT2D eigenvalue weighted by Gasteiger charge is 2.22. The minimum Gasteiger partial charge on any atom is -0.478 e. The zero-order chi connectivity index (χ0) is 16.5. The van der Waals surface area contributed by atoms with Gasteiger partial charge in [0.2, 0.25) is 5.89 Å². The lowest BCUT2D eigenvalue weighted by Gasteiger charge is -2.21. The van der Waals surface area contributed by atoms with Crippen molar-refractivity contribution < 1.29 is 14.3 Å². The van der Waals surface area contributed by atoms with Gasteiger partial charge in [-0.25, -0.2) is 4.79 Å². The quantitative estimate of drug-likeness (QED) is 0.939. The molecular formula is C18H13N3O3. The molecule has 1 aliphatic carbocycles. The molecule has 24 heavy (non-hydrogen) atoms. The highest BCUT2D eigenvalue weighted by atomic mass is 16.4. The van der Waals surface area contributed by atoms with Gasteiger partial charge in [0, 0.05) is 11.5 Å². The van der Waals surface area contributed by atoms with Crippen LogP contribution in [0.25, 0.3) is 11.5 Å². The van der Waals surface area contributed by atoms with E-state index in [1.807, 2.05) is 24.3 Å². The van der Waals surface area contributed by atoms with Crippen molar-refractivity contribution in [1.29, 1.82) is 0 Å². The van der Waals surface area contributed by atoms with E-state index in [0.717, 1.165) is 0 Å². The number of carboxylic acid groups (broad SMARTS) is 1. The van der Waals surface area contributed by atoms with E-state index in [2.05, 4.69) is 27.3 Å². The Morgan fingerprint density at radius 1 is 1.00 bits per heavy atom. The van der Waals surface area contributed by atoms with E-state index in [-0.39, 0.29) is 17.5 Å². The summed E-state index contributed by atoms with van der Waals surface area (Å²) in [5, 5.41) is 17.0. The molecule has 1 aromatic heterocycles. The van der Waals surface area contributed by atoms with Gasteiger partial charge >= 0.3 is 5.97 Å². The minimum absolute atomic E-state index is 0.0557. The van der Waals surface area contributed by atoms with Crippen LogP contribution in [0.1, 0.15) is 16.2 Å². The second-order valence-corrected chi connectivity index (χ2v) is 5.51. The highest BCUT2D eigenvalue weighted by molar-refractivity contribution is 6.06. The number of hydrogen-bond acceptors (Lipinski definition) is 5. The van der Waals surface area contributed by atoms with Crippen molar-refractivity contribution >= 4 is 11.7 Å². The number of nitrogens with zero attached hydrogens (tertiary/aromatic N) is 3. The van der Waals surface area contributed by atoms with Gasteiger partial charge in [0.15, 0.2) is 0 Å². The summed E-state index contributed by atoms with van der Waals surface area (Å²) >= 11 is 0. The molecule has 0 amide bonds. The predicted molar refractivity (Wildman–Crippen MR) is 87.9 cm³/mol. The highest BCUT2D eigenvalue weighted by Crippen LogP contribution is 2.24. The molecule has 2 atom stereocenters. The van der Waals surface area contributed by atoms with Crippen molar-refractivity contribution in [3.8, 4) is 11.5 Å². The van der Waals surface area contributed by atoms with E-state index in [0.29, 0.717) is 23.1 Å². The summed E-state index contributed by atoms with van der Waals surface area (Å²) in [6.07, 6.45) is 12.1. The largest absolute Gasteiger partial charge is 0.478 e. The SMILES string of the molecule is O=C(O)c1ccc(-c2nnc(C3=NC4C=CC=CC4C=C3)o2)cc1. The van der Waals surface area contributed by atoms with Crippen molar-refractivity contribution in [2.45, 2.75) is 6.04 Å². The third-order valence-electron chi connectivity index (χ3n) is 3.93. The number of hydrogen-bond donors (Lipinski definition) is 1. The van der Waals surface area contributed by atoms with E-state index >= 15 is 0 Å². The van der Waals surface area contributed by atoms with E-state index < -0.39 is 5.97 Å². The summed E-state index contributed by atoms with van der Waals surface area (Å²) in [6, 6.07) is 6.35. The van der Waals surface area contributed by atoms with Crippen LogP contribution < -0.4 is 0 Å². The van der Waals surface area contributed by atoms with E-state index in [1.54, 1.807) is 12.1 Å². The Kier molecular flexibility index (Phi) is 3.42. The number of carboxylic acids is 1. The van der Waals surface area contributed by atoms with Gasteiger partial charge in [-0.3, -0.25) is 4.99 Å². The summed E-state index contributed by atoms with van der Waals surface area (Å²) in [4.78, 5) is 15.5. The lowest BCUT2D eigenvalue weighted by Crippen LogP contribution is -2.20. The first-order valence-corrected chi connectivity index (χ1v) is 7.49. The number of dihydropyridines is 1. The third-order valence-corrected chi connectivity index (χ3v) is 3.93. The van der Waals surface area contributed by atoms with Crippen LogP contribution in [0.4, 0.5) is 0 Å². The van der Waals surface area contributed by atoms with Gasteiger partial charge in [-0.05, 0) is 30.3 Å². The van der Waals surface area contributed by atoms with E-state index in [9.17, 15) is 4.79 Å². The number of benzene rings is 1. The molecule has 0 radical (unpaired) electrons. The number of aromatic nitrogens is 2. The number of aliphatic imine (C=N–C) groups is 1. The van der Waals surface area contributed by atoms with Gasteiger partial charge in [0.05, 0.1) is 11.6 Å². The summed E-state index contributed by atoms with van der Waals surface area (Å²) in [5.74, 6) is -0.0208. The summed E-state index contributed by atoms with van der Waals surface area (Å²) < 4.78 is 5.70. The Morgan fingerprint density at radius 2 is 1.75 bits per heavy atom. The van der Waals surface area contributed by atoms with E-state index in [1.165, 1.54) is 12.1 Å². The molecule has 6 heteroatoms. The van der Waals surface area contributed by atoms with Crippen LogP contribution >= 0.6 is 0 Å². The van der Waals surface area contributed by atoms with Crippen LogP contribution in [0.3, 0.4) is 0 Å². The molecule has 1 aliphatic heterocycles. The fourth-order valence-electron chi connectivity index (χ4n) is 2.65. The van der Waals surface area contributed by atoms with Crippen molar-refractivity contribution in [1.82, 2.24) is 10.2 Å². The molecule has 2 heterocycles. The Balaban J connectivity index is 1.60. The maximum Gasteiger partial charge on any atom is 0.335 e. The first-order chi connectivity index (χ1) is 11.7. The number of allylic oxidation sites excluding steroid dienone is 3. The van der Waals surface area contributed by atoms with E-state index in [4.69, 9.17) is 9.52 Å². The molecule has 118 valence electrons. The fraction of sp³-hybridized carbons (Fsp3) is 0.111. The molecule has 6 nitrogen and oxygen atoms in total. The van der Waals surface area contributed by atoms with Gasteiger partial charge in [0.25, 0.3) is 5.89 Å². The van der Waals surface area contributed by atoms with Gasteiger partial charge < -0.3 is 9.52 Å². The molecule has 0 spiro atoms. The minimum atomic E-state index is -0.974. The lowest BCUT2D eigenvalue weighted by atomic mass is 9.92. The standard InChI is InChI=1S/C18H13N3O3/c22-18(23)13-7-5-12(6-8-13)16-20-21-17(24-16)15-10-9-11-3-1-2-4-14(11)19-15/h1-11,14H,(H,22,23). The van der Waals surface area contributed by atoms with Crippen LogP contribution in [0.2, 0.25) is 0 Å².